The molecule has 0 aliphatic rings. The maximum atomic E-state index is 12.0. The minimum Gasteiger partial charge on any atom is -0.497 e. The molecule has 0 unspecified atom stereocenters. The number of amides is 2. The van der Waals surface area contributed by atoms with Gasteiger partial charge in [-0.2, -0.15) is 4.98 Å². The van der Waals surface area contributed by atoms with E-state index in [1.807, 2.05) is 45.0 Å². The fourth-order valence-electron chi connectivity index (χ4n) is 2.33. The first-order valence-corrected chi connectivity index (χ1v) is 8.54. The van der Waals surface area contributed by atoms with Crippen LogP contribution < -0.4 is 26.0 Å². The maximum Gasteiger partial charge on any atom is 0.319 e. The summed E-state index contributed by atoms with van der Waals surface area (Å²) in [6, 6.07) is 7.10. The number of nitrogens with zero attached hydrogens (tertiary/aromatic N) is 2. The molecule has 26 heavy (non-hydrogen) atoms. The van der Waals surface area contributed by atoms with Gasteiger partial charge in [-0.1, -0.05) is 0 Å². The molecule has 2 aromatic rings. The molecule has 1 heterocycles. The van der Waals surface area contributed by atoms with Crippen LogP contribution in [0.3, 0.4) is 0 Å². The zero-order chi connectivity index (χ0) is 18.9. The lowest BCUT2D eigenvalue weighted by Gasteiger charge is -2.12. The number of urea groups is 1. The van der Waals surface area contributed by atoms with Crippen molar-refractivity contribution in [1.82, 2.24) is 15.3 Å². The lowest BCUT2D eigenvalue weighted by Crippen LogP contribution is -2.33. The van der Waals surface area contributed by atoms with Gasteiger partial charge in [0.05, 0.1) is 7.11 Å². The van der Waals surface area contributed by atoms with Gasteiger partial charge in [0.25, 0.3) is 0 Å². The third-order valence-electron chi connectivity index (χ3n) is 3.59. The second kappa shape index (κ2) is 9.45. The normalized spacial score (nSPS) is 10.2. The summed E-state index contributed by atoms with van der Waals surface area (Å²) in [6.45, 7) is 7.59. The van der Waals surface area contributed by atoms with E-state index in [0.717, 1.165) is 35.1 Å². The zero-order valence-electron chi connectivity index (χ0n) is 15.6. The number of carbonyl (C=O) groups excluding carboxylic acids is 1. The average Bonchev–Trinajstić information content (AvgIpc) is 2.60. The van der Waals surface area contributed by atoms with Crippen LogP contribution in [0, 0.1) is 13.8 Å². The van der Waals surface area contributed by atoms with Crippen LogP contribution in [0.15, 0.2) is 24.3 Å². The van der Waals surface area contributed by atoms with Crippen molar-refractivity contribution >= 4 is 23.5 Å². The molecule has 4 N–H and O–H groups in total. The summed E-state index contributed by atoms with van der Waals surface area (Å²) in [7, 11) is 1.61. The maximum absolute atomic E-state index is 12.0. The first kappa shape index (κ1) is 19.3. The van der Waals surface area contributed by atoms with Gasteiger partial charge >= 0.3 is 6.03 Å². The molecule has 140 valence electrons. The number of rotatable bonds is 8. The van der Waals surface area contributed by atoms with Gasteiger partial charge in [-0.15, -0.1) is 0 Å². The van der Waals surface area contributed by atoms with Crippen LogP contribution >= 0.6 is 0 Å². The molecular formula is C18H26N6O2. The highest BCUT2D eigenvalue weighted by Crippen LogP contribution is 2.20. The number of aryl methyl sites for hydroxylation is 2. The van der Waals surface area contributed by atoms with Crippen molar-refractivity contribution in [2.45, 2.75) is 20.8 Å². The van der Waals surface area contributed by atoms with Crippen molar-refractivity contribution in [1.29, 1.82) is 0 Å². The van der Waals surface area contributed by atoms with Gasteiger partial charge in [-0.05, 0) is 44.5 Å². The molecular weight excluding hydrogens is 332 g/mol. The van der Waals surface area contributed by atoms with Crippen LogP contribution in [0.2, 0.25) is 0 Å². The first-order valence-electron chi connectivity index (χ1n) is 8.54. The molecule has 0 saturated carbocycles. The Labute approximate surface area is 153 Å². The summed E-state index contributed by atoms with van der Waals surface area (Å²) in [6.07, 6.45) is 0. The second-order valence-corrected chi connectivity index (χ2v) is 5.74. The molecule has 0 aliphatic heterocycles. The molecule has 2 amide bonds. The summed E-state index contributed by atoms with van der Waals surface area (Å²) in [5.41, 5.74) is 2.56. The first-order chi connectivity index (χ1) is 12.5. The number of ether oxygens (including phenoxy) is 1. The van der Waals surface area contributed by atoms with Gasteiger partial charge in [-0.3, -0.25) is 0 Å². The molecule has 2 rings (SSSR count). The Morgan fingerprint density at radius 1 is 1.12 bits per heavy atom. The number of methoxy groups -OCH3 is 1. The van der Waals surface area contributed by atoms with E-state index < -0.39 is 0 Å². The van der Waals surface area contributed by atoms with E-state index >= 15 is 0 Å². The smallest absolute Gasteiger partial charge is 0.319 e. The predicted molar refractivity (Wildman–Crippen MR) is 104 cm³/mol. The Hall–Kier alpha value is -3.03. The van der Waals surface area contributed by atoms with E-state index in [9.17, 15) is 4.79 Å². The van der Waals surface area contributed by atoms with Crippen LogP contribution in [0.1, 0.15) is 18.2 Å². The fourth-order valence-corrected chi connectivity index (χ4v) is 2.33. The van der Waals surface area contributed by atoms with Gasteiger partial charge < -0.3 is 26.0 Å². The van der Waals surface area contributed by atoms with E-state index in [2.05, 4.69) is 31.2 Å². The van der Waals surface area contributed by atoms with Crippen molar-refractivity contribution in [3.05, 3.63) is 35.5 Å². The number of hydrogen-bond acceptors (Lipinski definition) is 6. The van der Waals surface area contributed by atoms with Gasteiger partial charge in [0.15, 0.2) is 0 Å². The standard InChI is InChI=1S/C18H26N6O2/c1-5-19-17-22-13(3)11-16(24-17)20-8-9-21-18(25)23-15-7-6-14(26-4)10-12(15)2/h6-7,10-11H,5,8-9H2,1-4H3,(H2,21,23,25)(H2,19,20,22,24). The van der Waals surface area contributed by atoms with E-state index in [1.165, 1.54) is 0 Å². The molecule has 1 aromatic carbocycles. The van der Waals surface area contributed by atoms with Gasteiger partial charge in [0, 0.05) is 37.1 Å². The average molecular weight is 358 g/mol. The van der Waals surface area contributed by atoms with Crippen LogP contribution in [0.4, 0.5) is 22.2 Å². The van der Waals surface area contributed by atoms with Crippen molar-refractivity contribution in [2.75, 3.05) is 42.7 Å². The monoisotopic (exact) mass is 358 g/mol. The lowest BCUT2D eigenvalue weighted by atomic mass is 10.2. The topological polar surface area (TPSA) is 100 Å². The summed E-state index contributed by atoms with van der Waals surface area (Å²) in [5, 5.41) is 11.9. The minimum atomic E-state index is -0.257. The number of benzene rings is 1. The Balaban J connectivity index is 1.78. The lowest BCUT2D eigenvalue weighted by molar-refractivity contribution is 0.252. The largest absolute Gasteiger partial charge is 0.497 e. The Morgan fingerprint density at radius 3 is 2.62 bits per heavy atom. The van der Waals surface area contributed by atoms with Gasteiger partial charge in [0.1, 0.15) is 11.6 Å². The second-order valence-electron chi connectivity index (χ2n) is 5.74. The van der Waals surface area contributed by atoms with Crippen molar-refractivity contribution in [2.24, 2.45) is 0 Å². The summed E-state index contributed by atoms with van der Waals surface area (Å²) < 4.78 is 5.16. The molecule has 0 saturated heterocycles. The van der Waals surface area contributed by atoms with Crippen LogP contribution in [0.5, 0.6) is 5.75 Å². The highest BCUT2D eigenvalue weighted by atomic mass is 16.5. The van der Waals surface area contributed by atoms with Gasteiger partial charge in [0.2, 0.25) is 5.95 Å². The van der Waals surface area contributed by atoms with Crippen LogP contribution in [-0.4, -0.2) is 42.7 Å². The molecule has 8 heteroatoms. The Morgan fingerprint density at radius 2 is 1.92 bits per heavy atom. The van der Waals surface area contributed by atoms with Crippen molar-refractivity contribution in [3.8, 4) is 5.75 Å². The zero-order valence-corrected chi connectivity index (χ0v) is 15.6. The molecule has 0 radical (unpaired) electrons. The summed E-state index contributed by atoms with van der Waals surface area (Å²) >= 11 is 0. The van der Waals surface area contributed by atoms with E-state index in [-0.39, 0.29) is 6.03 Å². The summed E-state index contributed by atoms with van der Waals surface area (Å²) in [5.74, 6) is 2.08. The van der Waals surface area contributed by atoms with E-state index in [0.29, 0.717) is 19.0 Å². The summed E-state index contributed by atoms with van der Waals surface area (Å²) in [4.78, 5) is 20.7. The van der Waals surface area contributed by atoms with E-state index in [4.69, 9.17) is 4.74 Å². The van der Waals surface area contributed by atoms with Crippen LogP contribution in [-0.2, 0) is 0 Å². The quantitative estimate of drug-likeness (QED) is 0.542. The SMILES string of the molecule is CCNc1nc(C)cc(NCCNC(=O)Nc2ccc(OC)cc2C)n1. The molecule has 0 bridgehead atoms. The predicted octanol–water partition coefficient (Wildman–Crippen LogP) is 2.77. The number of anilines is 3. The fraction of sp³-hybridized carbons (Fsp3) is 0.389. The molecule has 0 fully saturated rings. The number of aromatic nitrogens is 2. The molecule has 0 atom stereocenters. The third kappa shape index (κ3) is 5.80. The molecule has 0 aliphatic carbocycles. The minimum absolute atomic E-state index is 0.257. The number of carbonyl (C=O) groups is 1. The Kier molecular flexibility index (Phi) is 7.02. The number of hydrogen-bond donors (Lipinski definition) is 4. The molecule has 1 aromatic heterocycles. The molecule has 8 nitrogen and oxygen atoms in total. The number of nitrogens with one attached hydrogen (secondary N) is 4. The van der Waals surface area contributed by atoms with Crippen molar-refractivity contribution in [3.63, 3.8) is 0 Å². The Bertz CT molecular complexity index is 750. The highest BCUT2D eigenvalue weighted by molar-refractivity contribution is 5.90. The third-order valence-corrected chi connectivity index (χ3v) is 3.59. The van der Waals surface area contributed by atoms with Crippen LogP contribution in [0.25, 0.3) is 0 Å². The molecule has 0 spiro atoms. The van der Waals surface area contributed by atoms with E-state index in [1.54, 1.807) is 7.11 Å². The van der Waals surface area contributed by atoms with Gasteiger partial charge in [-0.25, -0.2) is 9.78 Å². The van der Waals surface area contributed by atoms with Crippen molar-refractivity contribution < 1.29 is 9.53 Å². The highest BCUT2D eigenvalue weighted by Gasteiger charge is 2.05.